The Bertz CT molecular complexity index is 581. The monoisotopic (exact) mass is 335 g/mol. The van der Waals surface area contributed by atoms with Crippen molar-refractivity contribution >= 4 is 21.9 Å². The predicted molar refractivity (Wildman–Crippen MR) is 79.0 cm³/mol. The van der Waals surface area contributed by atoms with Crippen LogP contribution in [0.4, 0.5) is 0 Å². The first-order chi connectivity index (χ1) is 9.60. The minimum absolute atomic E-state index is 0.397. The molecule has 0 amide bonds. The standard InChI is InChI=1S/C15H14BrNO3/c1-20-12-5-2-10(3-6-12)8-13(15(18)19)14-7-4-11(16)9-17-14/h2-7,9,13H,8H2,1H3,(H,18,19). The van der Waals surface area contributed by atoms with Crippen LogP contribution in [0.2, 0.25) is 0 Å². The van der Waals surface area contributed by atoms with Crippen LogP contribution in [0.1, 0.15) is 17.2 Å². The molecular formula is C15H14BrNO3. The van der Waals surface area contributed by atoms with Crippen LogP contribution >= 0.6 is 15.9 Å². The van der Waals surface area contributed by atoms with Crippen molar-refractivity contribution in [2.45, 2.75) is 12.3 Å². The van der Waals surface area contributed by atoms with E-state index in [2.05, 4.69) is 20.9 Å². The molecule has 0 spiro atoms. The van der Waals surface area contributed by atoms with E-state index in [1.54, 1.807) is 25.4 Å². The molecule has 0 fully saturated rings. The SMILES string of the molecule is COc1ccc(CC(C(=O)O)c2ccc(Br)cn2)cc1. The highest BCUT2D eigenvalue weighted by atomic mass is 79.9. The molecule has 0 aliphatic carbocycles. The van der Waals surface area contributed by atoms with Gasteiger partial charge in [0.2, 0.25) is 0 Å². The van der Waals surface area contributed by atoms with Crippen LogP contribution in [0.3, 0.4) is 0 Å². The van der Waals surface area contributed by atoms with Gasteiger partial charge < -0.3 is 9.84 Å². The van der Waals surface area contributed by atoms with Crippen molar-refractivity contribution in [2.75, 3.05) is 7.11 Å². The molecule has 5 heteroatoms. The molecular weight excluding hydrogens is 322 g/mol. The number of halogens is 1. The molecule has 1 N–H and O–H groups in total. The van der Waals surface area contributed by atoms with E-state index in [1.165, 1.54) is 0 Å². The van der Waals surface area contributed by atoms with Crippen molar-refractivity contribution < 1.29 is 14.6 Å². The van der Waals surface area contributed by atoms with Crippen molar-refractivity contribution in [3.8, 4) is 5.75 Å². The summed E-state index contributed by atoms with van der Waals surface area (Å²) in [6.07, 6.45) is 2.01. The van der Waals surface area contributed by atoms with Crippen LogP contribution in [0, 0.1) is 0 Å². The molecule has 0 radical (unpaired) electrons. The number of pyridine rings is 1. The van der Waals surface area contributed by atoms with Gasteiger partial charge in [-0.1, -0.05) is 12.1 Å². The predicted octanol–water partition coefficient (Wildman–Crippen LogP) is 3.26. The van der Waals surface area contributed by atoms with E-state index >= 15 is 0 Å². The summed E-state index contributed by atoms with van der Waals surface area (Å²) in [4.78, 5) is 15.6. The van der Waals surface area contributed by atoms with Gasteiger partial charge in [-0.2, -0.15) is 0 Å². The molecule has 4 nitrogen and oxygen atoms in total. The summed E-state index contributed by atoms with van der Waals surface area (Å²) in [5.74, 6) is -0.783. The number of carboxylic acid groups (broad SMARTS) is 1. The highest BCUT2D eigenvalue weighted by Crippen LogP contribution is 2.22. The zero-order valence-electron chi connectivity index (χ0n) is 10.9. The van der Waals surface area contributed by atoms with Crippen LogP contribution < -0.4 is 4.74 Å². The Hall–Kier alpha value is -1.88. The summed E-state index contributed by atoms with van der Waals surface area (Å²) in [5, 5.41) is 9.38. The third-order valence-corrected chi connectivity index (χ3v) is 3.47. The zero-order chi connectivity index (χ0) is 14.5. The zero-order valence-corrected chi connectivity index (χ0v) is 12.5. The largest absolute Gasteiger partial charge is 0.497 e. The fourth-order valence-corrected chi connectivity index (χ4v) is 2.14. The van der Waals surface area contributed by atoms with Crippen LogP contribution in [0.5, 0.6) is 5.75 Å². The lowest BCUT2D eigenvalue weighted by Gasteiger charge is -2.12. The number of nitrogens with zero attached hydrogens (tertiary/aromatic N) is 1. The minimum atomic E-state index is -0.879. The molecule has 1 unspecified atom stereocenters. The topological polar surface area (TPSA) is 59.4 Å². The Morgan fingerprint density at radius 2 is 2.00 bits per heavy atom. The fourth-order valence-electron chi connectivity index (χ4n) is 1.91. The third kappa shape index (κ3) is 3.57. The normalized spacial score (nSPS) is 11.9. The maximum Gasteiger partial charge on any atom is 0.312 e. The second kappa shape index (κ2) is 6.52. The van der Waals surface area contributed by atoms with Gasteiger partial charge in [0.1, 0.15) is 11.7 Å². The van der Waals surface area contributed by atoms with E-state index in [9.17, 15) is 9.90 Å². The average molecular weight is 336 g/mol. The molecule has 2 aromatic rings. The van der Waals surface area contributed by atoms with Gasteiger partial charge in [0.05, 0.1) is 12.8 Å². The molecule has 1 heterocycles. The van der Waals surface area contributed by atoms with E-state index in [0.717, 1.165) is 15.8 Å². The maximum atomic E-state index is 11.4. The van der Waals surface area contributed by atoms with Crippen LogP contribution in [0.15, 0.2) is 47.1 Å². The average Bonchev–Trinajstić information content (AvgIpc) is 2.46. The third-order valence-electron chi connectivity index (χ3n) is 3.00. The van der Waals surface area contributed by atoms with Gasteiger partial charge in [-0.3, -0.25) is 9.78 Å². The van der Waals surface area contributed by atoms with Gasteiger partial charge >= 0.3 is 5.97 Å². The summed E-state index contributed by atoms with van der Waals surface area (Å²) in [5.41, 5.74) is 1.49. The second-order valence-corrected chi connectivity index (χ2v) is 5.26. The van der Waals surface area contributed by atoms with E-state index < -0.39 is 11.9 Å². The maximum absolute atomic E-state index is 11.4. The molecule has 2 rings (SSSR count). The number of carboxylic acids is 1. The highest BCUT2D eigenvalue weighted by Gasteiger charge is 2.21. The highest BCUT2D eigenvalue weighted by molar-refractivity contribution is 9.10. The van der Waals surface area contributed by atoms with Crippen LogP contribution in [0.25, 0.3) is 0 Å². The van der Waals surface area contributed by atoms with Crippen molar-refractivity contribution in [1.82, 2.24) is 4.98 Å². The van der Waals surface area contributed by atoms with E-state index in [4.69, 9.17) is 4.74 Å². The van der Waals surface area contributed by atoms with Gasteiger partial charge in [0.25, 0.3) is 0 Å². The first-order valence-electron chi connectivity index (χ1n) is 6.07. The molecule has 0 aliphatic heterocycles. The van der Waals surface area contributed by atoms with Crippen molar-refractivity contribution in [2.24, 2.45) is 0 Å². The number of hydrogen-bond donors (Lipinski definition) is 1. The number of aromatic nitrogens is 1. The summed E-state index contributed by atoms with van der Waals surface area (Å²) in [6.45, 7) is 0. The Morgan fingerprint density at radius 1 is 1.30 bits per heavy atom. The first-order valence-corrected chi connectivity index (χ1v) is 6.86. The first kappa shape index (κ1) is 14.5. The number of rotatable bonds is 5. The lowest BCUT2D eigenvalue weighted by Crippen LogP contribution is -2.15. The molecule has 1 aromatic carbocycles. The van der Waals surface area contributed by atoms with E-state index in [-0.39, 0.29) is 0 Å². The Balaban J connectivity index is 2.20. The number of carbonyl (C=O) groups is 1. The van der Waals surface area contributed by atoms with Gasteiger partial charge in [-0.25, -0.2) is 0 Å². The molecule has 1 aromatic heterocycles. The van der Waals surface area contributed by atoms with Crippen LogP contribution in [-0.4, -0.2) is 23.2 Å². The Kier molecular flexibility index (Phi) is 4.74. The summed E-state index contributed by atoms with van der Waals surface area (Å²) < 4.78 is 5.91. The quantitative estimate of drug-likeness (QED) is 0.910. The number of methoxy groups -OCH3 is 1. The molecule has 1 atom stereocenters. The van der Waals surface area contributed by atoms with Gasteiger partial charge in [0.15, 0.2) is 0 Å². The number of benzene rings is 1. The summed E-state index contributed by atoms with van der Waals surface area (Å²) >= 11 is 3.29. The van der Waals surface area contributed by atoms with Crippen LogP contribution in [-0.2, 0) is 11.2 Å². The molecule has 0 saturated heterocycles. The van der Waals surface area contributed by atoms with Crippen molar-refractivity contribution in [3.63, 3.8) is 0 Å². The molecule has 0 aliphatic rings. The number of ether oxygens (including phenoxy) is 1. The van der Waals surface area contributed by atoms with E-state index in [0.29, 0.717) is 12.1 Å². The fraction of sp³-hybridized carbons (Fsp3) is 0.200. The number of aliphatic carboxylic acids is 1. The van der Waals surface area contributed by atoms with Crippen molar-refractivity contribution in [1.29, 1.82) is 0 Å². The Labute approximate surface area is 125 Å². The second-order valence-electron chi connectivity index (χ2n) is 4.34. The molecule has 20 heavy (non-hydrogen) atoms. The van der Waals surface area contributed by atoms with Gasteiger partial charge in [-0.05, 0) is 52.2 Å². The van der Waals surface area contributed by atoms with Gasteiger partial charge in [-0.15, -0.1) is 0 Å². The number of hydrogen-bond acceptors (Lipinski definition) is 3. The minimum Gasteiger partial charge on any atom is -0.497 e. The molecule has 0 bridgehead atoms. The summed E-state index contributed by atoms with van der Waals surface area (Å²) in [7, 11) is 1.60. The molecule has 0 saturated carbocycles. The summed E-state index contributed by atoms with van der Waals surface area (Å²) in [6, 6.07) is 10.9. The van der Waals surface area contributed by atoms with Gasteiger partial charge in [0, 0.05) is 10.7 Å². The molecule has 104 valence electrons. The smallest absolute Gasteiger partial charge is 0.312 e. The lowest BCUT2D eigenvalue weighted by molar-refractivity contribution is -0.138. The van der Waals surface area contributed by atoms with Crippen molar-refractivity contribution in [3.05, 3.63) is 58.3 Å². The Morgan fingerprint density at radius 3 is 2.50 bits per heavy atom. The van der Waals surface area contributed by atoms with E-state index in [1.807, 2.05) is 24.3 Å². The lowest BCUT2D eigenvalue weighted by atomic mass is 9.96.